The fourth-order valence-corrected chi connectivity index (χ4v) is 4.09. The number of thioether (sulfide) groups is 1. The molecule has 2 rings (SSSR count). The molecule has 0 aliphatic heterocycles. The number of nitriles is 1. The molecule has 1 aromatic carbocycles. The first kappa shape index (κ1) is 21.7. The summed E-state index contributed by atoms with van der Waals surface area (Å²) in [5.41, 5.74) is 7.05. The highest BCUT2D eigenvalue weighted by atomic mass is 32.2. The number of rotatable bonds is 6. The topological polar surface area (TPSA) is 145 Å². The summed E-state index contributed by atoms with van der Waals surface area (Å²) < 4.78 is 0. The number of thiophene rings is 1. The van der Waals surface area contributed by atoms with Gasteiger partial charge in [0.25, 0.3) is 0 Å². The smallest absolute Gasteiger partial charge is 0.414 e. The van der Waals surface area contributed by atoms with E-state index >= 15 is 0 Å². The number of nitrogens with two attached hydrogens (primary N) is 1. The lowest BCUT2D eigenvalue weighted by atomic mass is 10.1. The highest BCUT2D eigenvalue weighted by Gasteiger charge is 2.18. The van der Waals surface area contributed by atoms with Gasteiger partial charge in [0.05, 0.1) is 6.61 Å². The van der Waals surface area contributed by atoms with Crippen molar-refractivity contribution in [2.24, 2.45) is 5.73 Å². The molecule has 138 valence electrons. The summed E-state index contributed by atoms with van der Waals surface area (Å²) >= 11 is 3.09. The Labute approximate surface area is 158 Å². The summed E-state index contributed by atoms with van der Waals surface area (Å²) in [5, 5.41) is 35.1. The van der Waals surface area contributed by atoms with Crippen LogP contribution in [0, 0.1) is 11.3 Å². The Hall–Kier alpha value is -2.38. The molecule has 0 bridgehead atoms. The largest absolute Gasteiger partial charge is 0.473 e. The molecule has 9 heteroatoms. The average Bonchev–Trinajstić information content (AvgIpc) is 3.09. The van der Waals surface area contributed by atoms with Gasteiger partial charge in [0.1, 0.15) is 10.9 Å². The van der Waals surface area contributed by atoms with Gasteiger partial charge in [0.2, 0.25) is 0 Å². The maximum atomic E-state index is 9.17. The van der Waals surface area contributed by atoms with Crippen LogP contribution in [0.25, 0.3) is 0 Å². The van der Waals surface area contributed by atoms with Crippen molar-refractivity contribution in [3.05, 3.63) is 52.2 Å². The van der Waals surface area contributed by atoms with Gasteiger partial charge in [-0.3, -0.25) is 0 Å². The predicted molar refractivity (Wildman–Crippen MR) is 99.0 cm³/mol. The lowest BCUT2D eigenvalue weighted by Gasteiger charge is -2.19. The van der Waals surface area contributed by atoms with Crippen LogP contribution in [-0.4, -0.2) is 39.9 Å². The predicted octanol–water partition coefficient (Wildman–Crippen LogP) is 2.32. The van der Waals surface area contributed by atoms with E-state index in [1.807, 2.05) is 29.6 Å². The highest BCUT2D eigenvalue weighted by molar-refractivity contribution is 7.99. The minimum Gasteiger partial charge on any atom is -0.473 e. The van der Waals surface area contributed by atoms with E-state index in [1.165, 1.54) is 11.3 Å². The van der Waals surface area contributed by atoms with Crippen LogP contribution >= 0.6 is 23.1 Å². The van der Waals surface area contributed by atoms with Gasteiger partial charge in [-0.25, -0.2) is 9.59 Å². The molecule has 26 heavy (non-hydrogen) atoms. The van der Waals surface area contributed by atoms with E-state index in [9.17, 15) is 5.11 Å². The first-order valence-electron chi connectivity index (χ1n) is 7.40. The molecule has 7 nitrogen and oxygen atoms in total. The summed E-state index contributed by atoms with van der Waals surface area (Å²) in [6.45, 7) is -0.0291. The SMILES string of the molecule is N#Cc1sccc1S[C@H](C[C@H](N)CO)c1ccccc1.O=C(O)C(=O)O. The molecule has 1 heterocycles. The molecule has 0 saturated heterocycles. The number of carboxylic acids is 2. The minimum atomic E-state index is -1.82. The van der Waals surface area contributed by atoms with Crippen molar-refractivity contribution in [1.82, 2.24) is 0 Å². The van der Waals surface area contributed by atoms with Crippen molar-refractivity contribution in [2.75, 3.05) is 6.61 Å². The number of hydrogen-bond acceptors (Lipinski definition) is 7. The zero-order valence-corrected chi connectivity index (χ0v) is 15.2. The summed E-state index contributed by atoms with van der Waals surface area (Å²) in [6.07, 6.45) is 0.673. The monoisotopic (exact) mass is 394 g/mol. The van der Waals surface area contributed by atoms with Crippen molar-refractivity contribution in [3.8, 4) is 6.07 Å². The van der Waals surface area contributed by atoms with E-state index in [-0.39, 0.29) is 17.9 Å². The van der Waals surface area contributed by atoms with Gasteiger partial charge in [-0.05, 0) is 23.4 Å². The molecule has 0 spiro atoms. The second kappa shape index (κ2) is 11.3. The summed E-state index contributed by atoms with van der Waals surface area (Å²) in [7, 11) is 0. The van der Waals surface area contributed by atoms with Crippen LogP contribution in [0.15, 0.2) is 46.7 Å². The number of nitrogens with zero attached hydrogens (tertiary/aromatic N) is 1. The molecule has 0 radical (unpaired) electrons. The summed E-state index contributed by atoms with van der Waals surface area (Å²) in [4.78, 5) is 19.9. The number of aliphatic hydroxyl groups is 1. The first-order chi connectivity index (χ1) is 12.4. The van der Waals surface area contributed by atoms with Crippen LogP contribution in [0.2, 0.25) is 0 Å². The maximum absolute atomic E-state index is 9.17. The lowest BCUT2D eigenvalue weighted by molar-refractivity contribution is -0.159. The number of benzene rings is 1. The fraction of sp³-hybridized carbons (Fsp3) is 0.235. The molecule has 0 saturated carbocycles. The quantitative estimate of drug-likeness (QED) is 0.431. The lowest BCUT2D eigenvalue weighted by Crippen LogP contribution is -2.26. The van der Waals surface area contributed by atoms with Crippen LogP contribution in [-0.2, 0) is 9.59 Å². The minimum absolute atomic E-state index is 0.0291. The third kappa shape index (κ3) is 7.25. The van der Waals surface area contributed by atoms with Crippen molar-refractivity contribution in [2.45, 2.75) is 22.6 Å². The molecular weight excluding hydrogens is 376 g/mol. The van der Waals surface area contributed by atoms with E-state index in [4.69, 9.17) is 30.8 Å². The van der Waals surface area contributed by atoms with E-state index in [0.717, 1.165) is 15.3 Å². The molecule has 1 aromatic heterocycles. The molecular formula is C17H18N2O5S2. The second-order valence-electron chi connectivity index (χ2n) is 5.03. The molecule has 0 fully saturated rings. The van der Waals surface area contributed by atoms with Gasteiger partial charge in [-0.1, -0.05) is 30.3 Å². The Morgan fingerprint density at radius 3 is 2.31 bits per heavy atom. The Kier molecular flexibility index (Phi) is 9.40. The number of carboxylic acid groups (broad SMARTS) is 2. The van der Waals surface area contributed by atoms with E-state index in [0.29, 0.717) is 6.42 Å². The van der Waals surface area contributed by atoms with Crippen LogP contribution in [0.5, 0.6) is 0 Å². The number of aliphatic hydroxyl groups excluding tert-OH is 1. The van der Waals surface area contributed by atoms with Crippen LogP contribution < -0.4 is 5.73 Å². The van der Waals surface area contributed by atoms with Gasteiger partial charge in [0, 0.05) is 16.2 Å². The highest BCUT2D eigenvalue weighted by Crippen LogP contribution is 2.41. The maximum Gasteiger partial charge on any atom is 0.414 e. The van der Waals surface area contributed by atoms with Gasteiger partial charge in [-0.15, -0.1) is 23.1 Å². The average molecular weight is 394 g/mol. The molecule has 0 aliphatic rings. The third-order valence-corrected chi connectivity index (χ3v) is 5.40. The Morgan fingerprint density at radius 1 is 1.19 bits per heavy atom. The fourth-order valence-electron chi connectivity index (χ4n) is 1.89. The number of aliphatic carboxylic acids is 2. The van der Waals surface area contributed by atoms with Crippen LogP contribution in [0.1, 0.15) is 22.1 Å². The Balaban J connectivity index is 0.000000487. The molecule has 0 aliphatic carbocycles. The van der Waals surface area contributed by atoms with Crippen molar-refractivity contribution in [3.63, 3.8) is 0 Å². The van der Waals surface area contributed by atoms with Crippen molar-refractivity contribution in [1.29, 1.82) is 5.26 Å². The first-order valence-corrected chi connectivity index (χ1v) is 9.16. The van der Waals surface area contributed by atoms with Crippen molar-refractivity contribution >= 4 is 35.0 Å². The molecule has 2 aromatic rings. The van der Waals surface area contributed by atoms with E-state index in [2.05, 4.69) is 18.2 Å². The van der Waals surface area contributed by atoms with E-state index < -0.39 is 11.9 Å². The van der Waals surface area contributed by atoms with Crippen LogP contribution in [0.4, 0.5) is 0 Å². The van der Waals surface area contributed by atoms with Crippen molar-refractivity contribution < 1.29 is 24.9 Å². The number of carbonyl (C=O) groups is 2. The number of hydrogen-bond donors (Lipinski definition) is 4. The standard InChI is InChI=1S/C15H16N2OS2.C2H2O4/c16-9-15-13(6-7-19-15)20-14(8-12(17)10-18)11-4-2-1-3-5-11;3-1(4)2(5)6/h1-7,12,14,18H,8,10,17H2;(H,3,4)(H,5,6)/t12-,14+;/m0./s1. The second-order valence-corrected chi connectivity index (χ2v) is 7.19. The van der Waals surface area contributed by atoms with Gasteiger partial charge < -0.3 is 21.1 Å². The molecule has 0 amide bonds. The zero-order valence-electron chi connectivity index (χ0n) is 13.6. The Bertz CT molecular complexity index is 746. The third-order valence-electron chi connectivity index (χ3n) is 3.11. The summed E-state index contributed by atoms with van der Waals surface area (Å²) in [6, 6.07) is 14.0. The molecule has 0 unspecified atom stereocenters. The Morgan fingerprint density at radius 2 is 1.81 bits per heavy atom. The van der Waals surface area contributed by atoms with Gasteiger partial charge in [0.15, 0.2) is 0 Å². The summed E-state index contributed by atoms with van der Waals surface area (Å²) in [5.74, 6) is -3.65. The normalized spacial score (nSPS) is 12.2. The van der Waals surface area contributed by atoms with E-state index in [1.54, 1.807) is 11.8 Å². The zero-order chi connectivity index (χ0) is 19.5. The molecule has 5 N–H and O–H groups in total. The molecule has 2 atom stereocenters. The van der Waals surface area contributed by atoms with Gasteiger partial charge in [-0.2, -0.15) is 5.26 Å². The van der Waals surface area contributed by atoms with Crippen LogP contribution in [0.3, 0.4) is 0 Å². The van der Waals surface area contributed by atoms with Gasteiger partial charge >= 0.3 is 11.9 Å².